The fourth-order valence-corrected chi connectivity index (χ4v) is 3.97. The molecule has 0 saturated carbocycles. The molecular formula is C23H19N5O. The molecule has 2 aromatic heterocycles. The van der Waals surface area contributed by atoms with E-state index < -0.39 is 0 Å². The van der Waals surface area contributed by atoms with E-state index in [1.165, 1.54) is 0 Å². The predicted molar refractivity (Wildman–Crippen MR) is 113 cm³/mol. The fourth-order valence-electron chi connectivity index (χ4n) is 3.97. The van der Waals surface area contributed by atoms with Crippen LogP contribution in [0.4, 0.5) is 5.95 Å². The summed E-state index contributed by atoms with van der Waals surface area (Å²) in [6.07, 6.45) is 3.84. The molecular weight excluding hydrogens is 362 g/mol. The molecule has 3 heterocycles. The molecule has 1 aliphatic rings. The van der Waals surface area contributed by atoms with E-state index in [1.54, 1.807) is 15.3 Å². The maximum atomic E-state index is 13.8. The second-order valence-corrected chi connectivity index (χ2v) is 7.14. The van der Waals surface area contributed by atoms with Gasteiger partial charge in [-0.3, -0.25) is 4.79 Å². The Morgan fingerprint density at radius 1 is 0.897 bits per heavy atom. The molecule has 0 amide bonds. The molecule has 1 fully saturated rings. The van der Waals surface area contributed by atoms with Gasteiger partial charge < -0.3 is 9.47 Å². The Kier molecular flexibility index (Phi) is 4.14. The molecule has 0 aliphatic carbocycles. The van der Waals surface area contributed by atoms with Gasteiger partial charge in [-0.2, -0.15) is 5.26 Å². The van der Waals surface area contributed by atoms with Crippen molar-refractivity contribution in [2.75, 3.05) is 18.0 Å². The van der Waals surface area contributed by atoms with Crippen LogP contribution in [0.25, 0.3) is 22.4 Å². The van der Waals surface area contributed by atoms with Gasteiger partial charge in [0.1, 0.15) is 17.1 Å². The molecule has 5 rings (SSSR count). The van der Waals surface area contributed by atoms with Gasteiger partial charge in [0.25, 0.3) is 5.56 Å². The fraction of sp³-hybridized carbons (Fsp3) is 0.174. The van der Waals surface area contributed by atoms with Crippen LogP contribution >= 0.6 is 0 Å². The van der Waals surface area contributed by atoms with Crippen LogP contribution in [0.5, 0.6) is 0 Å². The van der Waals surface area contributed by atoms with Crippen LogP contribution in [0.15, 0.2) is 71.7 Å². The highest BCUT2D eigenvalue weighted by molar-refractivity contribution is 5.85. The number of benzene rings is 2. The number of rotatable bonds is 3. The van der Waals surface area contributed by atoms with Crippen molar-refractivity contribution in [3.63, 3.8) is 0 Å². The minimum absolute atomic E-state index is 0.173. The minimum Gasteiger partial charge on any atom is -0.342 e. The van der Waals surface area contributed by atoms with Crippen molar-refractivity contribution in [3.8, 4) is 17.4 Å². The average molecular weight is 381 g/mol. The predicted octanol–water partition coefficient (Wildman–Crippen LogP) is 3.65. The molecule has 6 heteroatoms. The second-order valence-electron chi connectivity index (χ2n) is 7.14. The van der Waals surface area contributed by atoms with Crippen molar-refractivity contribution < 1.29 is 0 Å². The zero-order valence-corrected chi connectivity index (χ0v) is 15.8. The Bertz CT molecular complexity index is 1280. The van der Waals surface area contributed by atoms with Gasteiger partial charge in [-0.15, -0.1) is 0 Å². The van der Waals surface area contributed by atoms with E-state index in [0.717, 1.165) is 37.3 Å². The molecule has 0 radical (unpaired) electrons. The topological polar surface area (TPSA) is 66.8 Å². The first-order valence-corrected chi connectivity index (χ1v) is 9.72. The zero-order chi connectivity index (χ0) is 19.8. The summed E-state index contributed by atoms with van der Waals surface area (Å²) in [5.74, 6) is 0.605. The van der Waals surface area contributed by atoms with Crippen LogP contribution in [-0.2, 0) is 0 Å². The number of hydrogen-bond acceptors (Lipinski definition) is 4. The Balaban J connectivity index is 1.89. The number of aromatic nitrogens is 3. The van der Waals surface area contributed by atoms with Crippen molar-refractivity contribution >= 4 is 17.0 Å². The number of anilines is 1. The molecule has 0 unspecified atom stereocenters. The highest BCUT2D eigenvalue weighted by atomic mass is 16.1. The number of nitrogens with zero attached hydrogens (tertiary/aromatic N) is 5. The van der Waals surface area contributed by atoms with Gasteiger partial charge in [0.05, 0.1) is 11.3 Å². The number of nitriles is 1. The Morgan fingerprint density at radius 2 is 1.52 bits per heavy atom. The number of para-hydroxylation sites is 2. The van der Waals surface area contributed by atoms with Crippen LogP contribution in [0.2, 0.25) is 0 Å². The van der Waals surface area contributed by atoms with E-state index in [9.17, 15) is 10.1 Å². The molecule has 2 aromatic carbocycles. The summed E-state index contributed by atoms with van der Waals surface area (Å²) in [6, 6.07) is 21.4. The molecule has 1 aliphatic heterocycles. The van der Waals surface area contributed by atoms with Crippen molar-refractivity contribution in [2.45, 2.75) is 12.8 Å². The SMILES string of the molecule is N#Cc1cn(-c2ccccc2)c2c(=O)n(-c3ccccc3)c(N3CCCC3)nc12. The highest BCUT2D eigenvalue weighted by Crippen LogP contribution is 2.26. The van der Waals surface area contributed by atoms with Crippen molar-refractivity contribution in [2.24, 2.45) is 0 Å². The molecule has 0 spiro atoms. The lowest BCUT2D eigenvalue weighted by atomic mass is 10.3. The summed E-state index contributed by atoms with van der Waals surface area (Å²) >= 11 is 0. The van der Waals surface area contributed by atoms with Gasteiger partial charge >= 0.3 is 0 Å². The molecule has 1 saturated heterocycles. The van der Waals surface area contributed by atoms with Gasteiger partial charge in [0, 0.05) is 25.0 Å². The molecule has 0 atom stereocenters. The van der Waals surface area contributed by atoms with Gasteiger partial charge in [0.15, 0.2) is 0 Å². The molecule has 4 aromatic rings. The van der Waals surface area contributed by atoms with Crippen LogP contribution in [-0.4, -0.2) is 27.2 Å². The lowest BCUT2D eigenvalue weighted by Gasteiger charge is -2.21. The van der Waals surface area contributed by atoms with Crippen molar-refractivity contribution in [3.05, 3.63) is 82.8 Å². The Hall–Kier alpha value is -3.85. The Labute approximate surface area is 167 Å². The molecule has 29 heavy (non-hydrogen) atoms. The van der Waals surface area contributed by atoms with Gasteiger partial charge in [-0.05, 0) is 37.1 Å². The largest absolute Gasteiger partial charge is 0.342 e. The van der Waals surface area contributed by atoms with Gasteiger partial charge in [-0.1, -0.05) is 36.4 Å². The summed E-state index contributed by atoms with van der Waals surface area (Å²) in [5, 5.41) is 9.70. The standard InChI is InChI=1S/C23H19N5O/c24-15-17-16-27(18-9-3-1-4-10-18)21-20(17)25-23(26-13-7-8-14-26)28(22(21)29)19-11-5-2-6-12-19/h1-6,9-12,16H,7-8,13-14H2. The molecule has 0 bridgehead atoms. The normalized spacial score (nSPS) is 13.7. The average Bonchev–Trinajstić information content (AvgIpc) is 3.43. The third-order valence-corrected chi connectivity index (χ3v) is 5.35. The van der Waals surface area contributed by atoms with E-state index in [1.807, 2.05) is 60.7 Å². The van der Waals surface area contributed by atoms with E-state index >= 15 is 0 Å². The molecule has 6 nitrogen and oxygen atoms in total. The Morgan fingerprint density at radius 3 is 2.14 bits per heavy atom. The minimum atomic E-state index is -0.173. The lowest BCUT2D eigenvalue weighted by molar-refractivity contribution is 0.837. The third-order valence-electron chi connectivity index (χ3n) is 5.35. The summed E-state index contributed by atoms with van der Waals surface area (Å²) in [6.45, 7) is 1.71. The smallest absolute Gasteiger partial charge is 0.284 e. The van der Waals surface area contributed by atoms with Crippen molar-refractivity contribution in [1.29, 1.82) is 5.26 Å². The van der Waals surface area contributed by atoms with Crippen molar-refractivity contribution in [1.82, 2.24) is 14.1 Å². The summed E-state index contributed by atoms with van der Waals surface area (Å²) < 4.78 is 3.45. The highest BCUT2D eigenvalue weighted by Gasteiger charge is 2.24. The zero-order valence-electron chi connectivity index (χ0n) is 15.8. The van der Waals surface area contributed by atoms with Gasteiger partial charge in [-0.25, -0.2) is 9.55 Å². The van der Waals surface area contributed by atoms with Crippen LogP contribution in [0, 0.1) is 11.3 Å². The summed E-state index contributed by atoms with van der Waals surface area (Å²) in [4.78, 5) is 20.8. The summed E-state index contributed by atoms with van der Waals surface area (Å²) in [7, 11) is 0. The van der Waals surface area contributed by atoms with Crippen LogP contribution < -0.4 is 10.5 Å². The quantitative estimate of drug-likeness (QED) is 0.543. The van der Waals surface area contributed by atoms with Crippen LogP contribution in [0.1, 0.15) is 18.4 Å². The first kappa shape index (κ1) is 17.3. The van der Waals surface area contributed by atoms with E-state index in [0.29, 0.717) is 22.5 Å². The molecule has 142 valence electrons. The monoisotopic (exact) mass is 381 g/mol. The van der Waals surface area contributed by atoms with E-state index in [4.69, 9.17) is 4.98 Å². The molecule has 0 N–H and O–H groups in total. The van der Waals surface area contributed by atoms with Gasteiger partial charge in [0.2, 0.25) is 5.95 Å². The third kappa shape index (κ3) is 2.79. The van der Waals surface area contributed by atoms with E-state index in [2.05, 4.69) is 11.0 Å². The maximum Gasteiger partial charge on any atom is 0.284 e. The number of fused-ring (bicyclic) bond motifs is 1. The van der Waals surface area contributed by atoms with Crippen LogP contribution in [0.3, 0.4) is 0 Å². The maximum absolute atomic E-state index is 13.8. The summed E-state index contributed by atoms with van der Waals surface area (Å²) in [5.41, 5.74) is 2.70. The first-order valence-electron chi connectivity index (χ1n) is 9.72. The first-order chi connectivity index (χ1) is 14.3. The lowest BCUT2D eigenvalue weighted by Crippen LogP contribution is -2.31. The van der Waals surface area contributed by atoms with E-state index in [-0.39, 0.29) is 5.56 Å². The number of hydrogen-bond donors (Lipinski definition) is 0. The second kappa shape index (κ2) is 6.95.